The Labute approximate surface area is 141 Å². The van der Waals surface area contributed by atoms with Crippen molar-refractivity contribution < 1.29 is 14.3 Å². The third-order valence-corrected chi connectivity index (χ3v) is 3.93. The van der Waals surface area contributed by atoms with E-state index in [4.69, 9.17) is 9.47 Å². The molecule has 0 heterocycles. The maximum atomic E-state index is 11.9. The Hall–Kier alpha value is -3.07. The van der Waals surface area contributed by atoms with E-state index < -0.39 is 0 Å². The molecule has 0 bridgehead atoms. The second-order valence-corrected chi connectivity index (χ2v) is 5.35. The minimum atomic E-state index is -0.343. The fourth-order valence-corrected chi connectivity index (χ4v) is 2.67. The number of ether oxygens (including phenoxy) is 2. The lowest BCUT2D eigenvalue weighted by Crippen LogP contribution is -2.01. The van der Waals surface area contributed by atoms with E-state index >= 15 is 0 Å². The van der Waals surface area contributed by atoms with Crippen LogP contribution in [0.1, 0.15) is 10.4 Å². The first-order chi connectivity index (χ1) is 11.7. The van der Waals surface area contributed by atoms with Crippen LogP contribution in [0.3, 0.4) is 0 Å². The van der Waals surface area contributed by atoms with E-state index in [1.54, 1.807) is 13.2 Å². The summed E-state index contributed by atoms with van der Waals surface area (Å²) in [4.78, 5) is 11.9. The smallest absolute Gasteiger partial charge is 0.337 e. The second-order valence-electron chi connectivity index (χ2n) is 5.35. The first-order valence-electron chi connectivity index (χ1n) is 7.65. The van der Waals surface area contributed by atoms with Crippen LogP contribution in [-0.4, -0.2) is 20.2 Å². The largest absolute Gasteiger partial charge is 0.497 e. The zero-order chi connectivity index (χ0) is 16.9. The Balaban J connectivity index is 2.16. The maximum Gasteiger partial charge on any atom is 0.337 e. The Kier molecular flexibility index (Phi) is 4.62. The molecule has 0 aliphatic heterocycles. The zero-order valence-electron chi connectivity index (χ0n) is 13.7. The molecule has 0 saturated carbocycles. The van der Waals surface area contributed by atoms with Gasteiger partial charge in [-0.2, -0.15) is 0 Å². The highest BCUT2D eigenvalue weighted by Crippen LogP contribution is 2.34. The highest BCUT2D eigenvalue weighted by atomic mass is 16.5. The summed E-state index contributed by atoms with van der Waals surface area (Å²) in [5, 5.41) is 0. The van der Waals surface area contributed by atoms with Crippen molar-refractivity contribution in [1.29, 1.82) is 0 Å². The number of carbonyl (C=O) groups excluding carboxylic acids is 1. The van der Waals surface area contributed by atoms with Crippen LogP contribution in [0.25, 0.3) is 22.3 Å². The molecule has 3 heteroatoms. The molecule has 24 heavy (non-hydrogen) atoms. The second kappa shape index (κ2) is 7.01. The lowest BCUT2D eigenvalue weighted by molar-refractivity contribution is 0.0601. The summed E-state index contributed by atoms with van der Waals surface area (Å²) in [6.07, 6.45) is 0. The van der Waals surface area contributed by atoms with Crippen LogP contribution in [0.15, 0.2) is 72.8 Å². The molecule has 0 aliphatic carbocycles. The van der Waals surface area contributed by atoms with E-state index in [-0.39, 0.29) is 5.97 Å². The summed E-state index contributed by atoms with van der Waals surface area (Å²) in [6, 6.07) is 23.5. The van der Waals surface area contributed by atoms with Crippen LogP contribution in [0.5, 0.6) is 5.75 Å². The van der Waals surface area contributed by atoms with Gasteiger partial charge in [0.1, 0.15) is 5.75 Å². The SMILES string of the molecule is COC(=O)c1ccc(-c2ccccc2)c(-c2ccc(OC)cc2)c1. The van der Waals surface area contributed by atoms with Gasteiger partial charge in [-0.1, -0.05) is 48.5 Å². The Bertz CT molecular complexity index is 837. The fraction of sp³-hybridized carbons (Fsp3) is 0.0952. The zero-order valence-corrected chi connectivity index (χ0v) is 13.7. The van der Waals surface area contributed by atoms with Crippen LogP contribution >= 0.6 is 0 Å². The Morgan fingerprint density at radius 2 is 1.42 bits per heavy atom. The van der Waals surface area contributed by atoms with Gasteiger partial charge < -0.3 is 9.47 Å². The molecule has 0 aliphatic rings. The predicted molar refractivity (Wildman–Crippen MR) is 95.2 cm³/mol. The van der Waals surface area contributed by atoms with Crippen molar-refractivity contribution in [1.82, 2.24) is 0 Å². The Morgan fingerprint density at radius 1 is 0.750 bits per heavy atom. The van der Waals surface area contributed by atoms with Gasteiger partial charge in [-0.05, 0) is 46.5 Å². The number of benzene rings is 3. The highest BCUT2D eigenvalue weighted by Gasteiger charge is 2.12. The summed E-state index contributed by atoms with van der Waals surface area (Å²) in [7, 11) is 3.03. The molecule has 0 aromatic heterocycles. The van der Waals surface area contributed by atoms with Gasteiger partial charge in [0.2, 0.25) is 0 Å². The molecule has 0 amide bonds. The number of esters is 1. The van der Waals surface area contributed by atoms with Crippen molar-refractivity contribution in [3.8, 4) is 28.0 Å². The fourth-order valence-electron chi connectivity index (χ4n) is 2.67. The van der Waals surface area contributed by atoms with Gasteiger partial charge in [0, 0.05) is 0 Å². The van der Waals surface area contributed by atoms with Crippen LogP contribution in [0.2, 0.25) is 0 Å². The monoisotopic (exact) mass is 318 g/mol. The number of hydrogen-bond acceptors (Lipinski definition) is 3. The van der Waals surface area contributed by atoms with Gasteiger partial charge in [0.05, 0.1) is 19.8 Å². The van der Waals surface area contributed by atoms with Crippen molar-refractivity contribution >= 4 is 5.97 Å². The van der Waals surface area contributed by atoms with Crippen LogP contribution in [-0.2, 0) is 4.74 Å². The molecular weight excluding hydrogens is 300 g/mol. The van der Waals surface area contributed by atoms with E-state index in [0.29, 0.717) is 5.56 Å². The molecule has 0 N–H and O–H groups in total. The van der Waals surface area contributed by atoms with Crippen molar-refractivity contribution in [2.75, 3.05) is 14.2 Å². The average Bonchev–Trinajstić information content (AvgIpc) is 2.67. The summed E-state index contributed by atoms with van der Waals surface area (Å²) in [5.74, 6) is 0.452. The Morgan fingerprint density at radius 3 is 2.04 bits per heavy atom. The number of hydrogen-bond donors (Lipinski definition) is 0. The summed E-state index contributed by atoms with van der Waals surface area (Å²) < 4.78 is 10.1. The minimum Gasteiger partial charge on any atom is -0.497 e. The van der Waals surface area contributed by atoms with E-state index in [1.165, 1.54) is 7.11 Å². The third-order valence-electron chi connectivity index (χ3n) is 3.93. The molecule has 3 rings (SSSR count). The molecule has 0 saturated heterocycles. The van der Waals surface area contributed by atoms with E-state index in [0.717, 1.165) is 28.0 Å². The number of rotatable bonds is 4. The van der Waals surface area contributed by atoms with Crippen LogP contribution < -0.4 is 4.74 Å². The number of methoxy groups -OCH3 is 2. The topological polar surface area (TPSA) is 35.5 Å². The van der Waals surface area contributed by atoms with Gasteiger partial charge in [0.25, 0.3) is 0 Å². The van der Waals surface area contributed by atoms with E-state index in [9.17, 15) is 4.79 Å². The van der Waals surface area contributed by atoms with Gasteiger partial charge >= 0.3 is 5.97 Å². The van der Waals surface area contributed by atoms with E-state index in [2.05, 4.69) is 12.1 Å². The normalized spacial score (nSPS) is 10.2. The predicted octanol–water partition coefficient (Wildman–Crippen LogP) is 4.82. The third kappa shape index (κ3) is 3.15. The van der Waals surface area contributed by atoms with E-state index in [1.807, 2.05) is 54.6 Å². The van der Waals surface area contributed by atoms with Gasteiger partial charge in [0.15, 0.2) is 0 Å². The molecule has 120 valence electrons. The molecule has 0 fully saturated rings. The molecule has 0 atom stereocenters. The summed E-state index contributed by atoms with van der Waals surface area (Å²) >= 11 is 0. The van der Waals surface area contributed by atoms with Crippen molar-refractivity contribution in [3.05, 3.63) is 78.4 Å². The summed E-state index contributed by atoms with van der Waals surface area (Å²) in [5.41, 5.74) is 4.68. The maximum absolute atomic E-state index is 11.9. The molecule has 3 aromatic rings. The molecular formula is C21H18O3. The van der Waals surface area contributed by atoms with Crippen molar-refractivity contribution in [2.45, 2.75) is 0 Å². The van der Waals surface area contributed by atoms with Gasteiger partial charge in [-0.3, -0.25) is 0 Å². The number of carbonyl (C=O) groups is 1. The van der Waals surface area contributed by atoms with Crippen molar-refractivity contribution in [2.24, 2.45) is 0 Å². The molecule has 0 unspecified atom stereocenters. The molecule has 0 radical (unpaired) electrons. The van der Waals surface area contributed by atoms with Gasteiger partial charge in [-0.25, -0.2) is 4.79 Å². The lowest BCUT2D eigenvalue weighted by Gasteiger charge is -2.12. The van der Waals surface area contributed by atoms with Crippen LogP contribution in [0.4, 0.5) is 0 Å². The highest BCUT2D eigenvalue weighted by molar-refractivity contribution is 5.94. The molecule has 0 spiro atoms. The first-order valence-corrected chi connectivity index (χ1v) is 7.65. The average molecular weight is 318 g/mol. The standard InChI is InChI=1S/C21H18O3/c1-23-18-11-8-16(9-12-18)20-14-17(21(22)24-2)10-13-19(20)15-6-4-3-5-7-15/h3-14H,1-2H3. The first kappa shape index (κ1) is 15.8. The molecule has 3 nitrogen and oxygen atoms in total. The lowest BCUT2D eigenvalue weighted by atomic mass is 9.93. The quantitative estimate of drug-likeness (QED) is 0.647. The van der Waals surface area contributed by atoms with Gasteiger partial charge in [-0.15, -0.1) is 0 Å². The van der Waals surface area contributed by atoms with Crippen molar-refractivity contribution in [3.63, 3.8) is 0 Å². The summed E-state index contributed by atoms with van der Waals surface area (Å²) in [6.45, 7) is 0. The van der Waals surface area contributed by atoms with Crippen LogP contribution in [0, 0.1) is 0 Å². The molecule has 3 aromatic carbocycles. The minimum absolute atomic E-state index is 0.343.